The zero-order valence-corrected chi connectivity index (χ0v) is 11.6. The van der Waals surface area contributed by atoms with Crippen LogP contribution in [0.4, 0.5) is 5.69 Å². The average molecular weight is 289 g/mol. The van der Waals surface area contributed by atoms with E-state index in [9.17, 15) is 8.42 Å². The molecule has 1 aromatic carbocycles. The van der Waals surface area contributed by atoms with Crippen molar-refractivity contribution in [3.63, 3.8) is 0 Å². The molecular weight excluding hydrogens is 272 g/mol. The molecule has 18 heavy (non-hydrogen) atoms. The number of piperidine rings is 1. The van der Waals surface area contributed by atoms with Gasteiger partial charge in [0.25, 0.3) is 0 Å². The van der Waals surface area contributed by atoms with Crippen LogP contribution in [0.2, 0.25) is 5.02 Å². The smallest absolute Gasteiger partial charge is 0.232 e. The molecule has 2 N–H and O–H groups in total. The van der Waals surface area contributed by atoms with Crippen LogP contribution in [0, 0.1) is 5.92 Å². The topological polar surface area (TPSA) is 58.2 Å². The zero-order chi connectivity index (χ0) is 13.0. The third-order valence-electron chi connectivity index (χ3n) is 3.01. The van der Waals surface area contributed by atoms with E-state index < -0.39 is 10.0 Å². The van der Waals surface area contributed by atoms with E-state index in [1.54, 1.807) is 24.3 Å². The van der Waals surface area contributed by atoms with E-state index in [4.69, 9.17) is 11.6 Å². The Morgan fingerprint density at radius 3 is 2.72 bits per heavy atom. The molecule has 6 heteroatoms. The number of halogens is 1. The molecule has 0 saturated carbocycles. The van der Waals surface area contributed by atoms with Gasteiger partial charge in [-0.1, -0.05) is 17.7 Å². The third kappa shape index (κ3) is 4.15. The molecular formula is C12H17ClN2O2S. The molecule has 1 saturated heterocycles. The molecule has 0 spiro atoms. The molecule has 2 rings (SSSR count). The van der Waals surface area contributed by atoms with E-state index in [1.807, 2.05) is 0 Å². The van der Waals surface area contributed by atoms with Gasteiger partial charge in [-0.15, -0.1) is 0 Å². The molecule has 1 aliphatic rings. The van der Waals surface area contributed by atoms with Gasteiger partial charge in [0.05, 0.1) is 5.75 Å². The van der Waals surface area contributed by atoms with Crippen molar-refractivity contribution in [2.24, 2.45) is 5.92 Å². The molecule has 1 aliphatic heterocycles. The lowest BCUT2D eigenvalue weighted by atomic mass is 10.0. The summed E-state index contributed by atoms with van der Waals surface area (Å²) in [5, 5.41) is 3.75. The minimum atomic E-state index is -3.29. The van der Waals surface area contributed by atoms with Gasteiger partial charge in [0.2, 0.25) is 10.0 Å². The van der Waals surface area contributed by atoms with E-state index >= 15 is 0 Å². The normalized spacial score (nSPS) is 17.6. The quantitative estimate of drug-likeness (QED) is 0.892. The van der Waals surface area contributed by atoms with Gasteiger partial charge in [-0.25, -0.2) is 8.42 Å². The van der Waals surface area contributed by atoms with Gasteiger partial charge in [-0.05, 0) is 50.0 Å². The average Bonchev–Trinajstić information content (AvgIpc) is 2.28. The largest absolute Gasteiger partial charge is 0.317 e. The van der Waals surface area contributed by atoms with E-state index in [0.717, 1.165) is 25.9 Å². The first-order chi connectivity index (χ1) is 8.55. The lowest BCUT2D eigenvalue weighted by Gasteiger charge is -2.22. The highest BCUT2D eigenvalue weighted by atomic mass is 35.5. The van der Waals surface area contributed by atoms with Crippen molar-refractivity contribution in [2.75, 3.05) is 23.6 Å². The summed E-state index contributed by atoms with van der Waals surface area (Å²) < 4.78 is 26.6. The predicted molar refractivity (Wildman–Crippen MR) is 74.5 cm³/mol. The van der Waals surface area contributed by atoms with Gasteiger partial charge in [0, 0.05) is 10.7 Å². The third-order valence-corrected chi connectivity index (χ3v) is 4.70. The molecule has 0 atom stereocenters. The Morgan fingerprint density at radius 2 is 2.06 bits per heavy atom. The first-order valence-corrected chi connectivity index (χ1v) is 8.05. The number of rotatable bonds is 4. The SMILES string of the molecule is O=S(=O)(CC1CCNCC1)Nc1cccc(Cl)c1. The fraction of sp³-hybridized carbons (Fsp3) is 0.500. The molecule has 0 bridgehead atoms. The minimum absolute atomic E-state index is 0.182. The van der Waals surface area contributed by atoms with Gasteiger partial charge < -0.3 is 5.32 Å². The number of hydrogen-bond acceptors (Lipinski definition) is 3. The first kappa shape index (κ1) is 13.6. The Labute approximate surface area is 113 Å². The first-order valence-electron chi connectivity index (χ1n) is 6.02. The summed E-state index contributed by atoms with van der Waals surface area (Å²) in [6, 6.07) is 6.75. The molecule has 0 unspecified atom stereocenters. The summed E-state index contributed by atoms with van der Waals surface area (Å²) >= 11 is 5.82. The van der Waals surface area contributed by atoms with Gasteiger partial charge >= 0.3 is 0 Å². The summed E-state index contributed by atoms with van der Waals surface area (Å²) in [5.74, 6) is 0.421. The van der Waals surface area contributed by atoms with Crippen LogP contribution >= 0.6 is 11.6 Å². The maximum Gasteiger partial charge on any atom is 0.232 e. The maximum atomic E-state index is 12.0. The van der Waals surface area contributed by atoms with E-state index in [-0.39, 0.29) is 11.7 Å². The summed E-state index contributed by atoms with van der Waals surface area (Å²) in [6.07, 6.45) is 1.83. The Bertz CT molecular complexity index is 499. The van der Waals surface area contributed by atoms with Crippen LogP contribution in [-0.2, 0) is 10.0 Å². The summed E-state index contributed by atoms with van der Waals surface area (Å²) in [7, 11) is -3.29. The van der Waals surface area contributed by atoms with E-state index in [1.165, 1.54) is 0 Å². The van der Waals surface area contributed by atoms with Gasteiger partial charge in [-0.2, -0.15) is 0 Å². The highest BCUT2D eigenvalue weighted by molar-refractivity contribution is 7.92. The van der Waals surface area contributed by atoms with Crippen LogP contribution in [0.5, 0.6) is 0 Å². The Balaban J connectivity index is 1.98. The van der Waals surface area contributed by atoms with Crippen molar-refractivity contribution >= 4 is 27.3 Å². The Morgan fingerprint density at radius 1 is 1.33 bits per heavy atom. The van der Waals surface area contributed by atoms with Crippen molar-refractivity contribution in [3.05, 3.63) is 29.3 Å². The molecule has 0 amide bonds. The lowest BCUT2D eigenvalue weighted by molar-refractivity contribution is 0.402. The second-order valence-electron chi connectivity index (χ2n) is 4.59. The lowest BCUT2D eigenvalue weighted by Crippen LogP contribution is -2.33. The standard InChI is InChI=1S/C12H17ClN2O2S/c13-11-2-1-3-12(8-11)15-18(16,17)9-10-4-6-14-7-5-10/h1-3,8,10,14-15H,4-7,9H2. The number of benzene rings is 1. The second-order valence-corrected chi connectivity index (χ2v) is 6.79. The zero-order valence-electron chi connectivity index (χ0n) is 10.0. The monoisotopic (exact) mass is 288 g/mol. The van der Waals surface area contributed by atoms with Gasteiger partial charge in [0.1, 0.15) is 0 Å². The predicted octanol–water partition coefficient (Wildman–Crippen LogP) is 2.08. The molecule has 0 aromatic heterocycles. The fourth-order valence-electron chi connectivity index (χ4n) is 2.13. The maximum absolute atomic E-state index is 12.0. The van der Waals surface area contributed by atoms with Crippen molar-refractivity contribution in [1.29, 1.82) is 0 Å². The number of nitrogens with one attached hydrogen (secondary N) is 2. The number of hydrogen-bond donors (Lipinski definition) is 2. The van der Waals surface area contributed by atoms with Crippen LogP contribution in [0.25, 0.3) is 0 Å². The molecule has 1 heterocycles. The van der Waals surface area contributed by atoms with Gasteiger partial charge in [0.15, 0.2) is 0 Å². The number of sulfonamides is 1. The van der Waals surface area contributed by atoms with Gasteiger partial charge in [-0.3, -0.25) is 4.72 Å². The minimum Gasteiger partial charge on any atom is -0.317 e. The molecule has 100 valence electrons. The van der Waals surface area contributed by atoms with E-state index in [2.05, 4.69) is 10.0 Å². The van der Waals surface area contributed by atoms with Crippen molar-refractivity contribution in [2.45, 2.75) is 12.8 Å². The van der Waals surface area contributed by atoms with Crippen LogP contribution in [0.3, 0.4) is 0 Å². The van der Waals surface area contributed by atoms with Crippen molar-refractivity contribution < 1.29 is 8.42 Å². The fourth-order valence-corrected chi connectivity index (χ4v) is 3.85. The van der Waals surface area contributed by atoms with Crippen LogP contribution in [0.15, 0.2) is 24.3 Å². The van der Waals surface area contributed by atoms with Crippen molar-refractivity contribution in [1.82, 2.24) is 5.32 Å². The Kier molecular flexibility index (Phi) is 4.48. The van der Waals surface area contributed by atoms with Crippen molar-refractivity contribution in [3.8, 4) is 0 Å². The second kappa shape index (κ2) is 5.91. The Hall–Kier alpha value is -0.780. The highest BCUT2D eigenvalue weighted by Crippen LogP contribution is 2.19. The molecule has 4 nitrogen and oxygen atoms in total. The summed E-state index contributed by atoms with van der Waals surface area (Å²) in [4.78, 5) is 0. The molecule has 0 radical (unpaired) electrons. The highest BCUT2D eigenvalue weighted by Gasteiger charge is 2.21. The molecule has 1 aromatic rings. The molecule has 0 aliphatic carbocycles. The van der Waals surface area contributed by atoms with Crippen LogP contribution in [0.1, 0.15) is 12.8 Å². The summed E-state index contributed by atoms with van der Waals surface area (Å²) in [5.41, 5.74) is 0.524. The molecule has 1 fully saturated rings. The van der Waals surface area contributed by atoms with Crippen LogP contribution < -0.4 is 10.0 Å². The van der Waals surface area contributed by atoms with E-state index in [0.29, 0.717) is 10.7 Å². The summed E-state index contributed by atoms with van der Waals surface area (Å²) in [6.45, 7) is 1.80. The van der Waals surface area contributed by atoms with Crippen LogP contribution in [-0.4, -0.2) is 27.3 Å². The number of anilines is 1.